The van der Waals surface area contributed by atoms with Gasteiger partial charge in [0, 0.05) is 11.2 Å². The van der Waals surface area contributed by atoms with Crippen molar-refractivity contribution >= 4 is 40.9 Å². The Balaban J connectivity index is 1.99. The van der Waals surface area contributed by atoms with Gasteiger partial charge in [-0.3, -0.25) is 4.79 Å². The number of methoxy groups -OCH3 is 1. The number of nitrogens with one attached hydrogen (secondary N) is 1. The molecule has 0 bridgehead atoms. The summed E-state index contributed by atoms with van der Waals surface area (Å²) in [4.78, 5) is 27.4. The Kier molecular flexibility index (Phi) is 6.00. The van der Waals surface area contributed by atoms with Gasteiger partial charge in [0.1, 0.15) is 11.6 Å². The number of hydrogen-bond donors (Lipinski definition) is 1. The minimum Gasteiger partial charge on any atom is -0.479 e. The SMILES string of the molecule is COC(=O)c1ccc(NC(=O)C(C)Oc2ccc(Cl)cc2Cl)nc1. The van der Waals surface area contributed by atoms with Gasteiger partial charge in [0.2, 0.25) is 0 Å². The second kappa shape index (κ2) is 7.99. The molecule has 2 rings (SSSR count). The Hall–Kier alpha value is -2.31. The van der Waals surface area contributed by atoms with Crippen molar-refractivity contribution in [2.45, 2.75) is 13.0 Å². The highest BCUT2D eigenvalue weighted by Crippen LogP contribution is 2.28. The molecule has 2 aromatic rings. The van der Waals surface area contributed by atoms with Crippen LogP contribution in [0.2, 0.25) is 10.0 Å². The zero-order chi connectivity index (χ0) is 17.7. The summed E-state index contributed by atoms with van der Waals surface area (Å²) in [7, 11) is 1.28. The molecule has 8 heteroatoms. The van der Waals surface area contributed by atoms with Gasteiger partial charge in [0.15, 0.2) is 6.10 Å². The first-order valence-corrected chi connectivity index (χ1v) is 7.63. The van der Waals surface area contributed by atoms with Crippen molar-refractivity contribution in [3.05, 3.63) is 52.1 Å². The zero-order valence-corrected chi connectivity index (χ0v) is 14.4. The molecule has 1 unspecified atom stereocenters. The van der Waals surface area contributed by atoms with Crippen LogP contribution < -0.4 is 10.1 Å². The van der Waals surface area contributed by atoms with Gasteiger partial charge in [0.05, 0.1) is 17.7 Å². The van der Waals surface area contributed by atoms with Gasteiger partial charge >= 0.3 is 5.97 Å². The molecule has 1 aromatic heterocycles. The first-order valence-electron chi connectivity index (χ1n) is 6.87. The fourth-order valence-corrected chi connectivity index (χ4v) is 2.20. The van der Waals surface area contributed by atoms with Crippen LogP contribution in [0.3, 0.4) is 0 Å². The summed E-state index contributed by atoms with van der Waals surface area (Å²) in [5, 5.41) is 3.36. The van der Waals surface area contributed by atoms with Gasteiger partial charge in [-0.2, -0.15) is 0 Å². The number of benzene rings is 1. The van der Waals surface area contributed by atoms with Crippen LogP contribution in [0.25, 0.3) is 0 Å². The number of carbonyl (C=O) groups is 2. The van der Waals surface area contributed by atoms with Crippen LogP contribution in [0.15, 0.2) is 36.5 Å². The van der Waals surface area contributed by atoms with E-state index in [2.05, 4.69) is 15.0 Å². The van der Waals surface area contributed by atoms with E-state index >= 15 is 0 Å². The Morgan fingerprint density at radius 2 is 1.96 bits per heavy atom. The number of ether oxygens (including phenoxy) is 2. The standard InChI is InChI=1S/C16H14Cl2N2O4/c1-9(24-13-5-4-11(17)7-12(13)18)15(21)20-14-6-3-10(8-19-14)16(22)23-2/h3-9H,1-2H3,(H,19,20,21). The van der Waals surface area contributed by atoms with Gasteiger partial charge in [-0.15, -0.1) is 0 Å². The van der Waals surface area contributed by atoms with Crippen LogP contribution in [0, 0.1) is 0 Å². The maximum Gasteiger partial charge on any atom is 0.339 e. The molecule has 0 aliphatic rings. The number of halogens is 2. The predicted octanol–water partition coefficient (Wildman–Crippen LogP) is 3.58. The second-order valence-electron chi connectivity index (χ2n) is 4.75. The van der Waals surface area contributed by atoms with Gasteiger partial charge < -0.3 is 14.8 Å². The summed E-state index contributed by atoms with van der Waals surface area (Å²) < 4.78 is 10.1. The van der Waals surface area contributed by atoms with E-state index in [4.69, 9.17) is 27.9 Å². The molecule has 1 atom stereocenters. The Bertz CT molecular complexity index is 750. The average molecular weight is 369 g/mol. The molecule has 0 radical (unpaired) electrons. The minimum absolute atomic E-state index is 0.283. The van der Waals surface area contributed by atoms with Crippen LogP contribution >= 0.6 is 23.2 Å². The van der Waals surface area contributed by atoms with Gasteiger partial charge in [0.25, 0.3) is 5.91 Å². The van der Waals surface area contributed by atoms with Crippen LogP contribution in [0.4, 0.5) is 5.82 Å². The fraction of sp³-hybridized carbons (Fsp3) is 0.188. The molecule has 126 valence electrons. The quantitative estimate of drug-likeness (QED) is 0.816. The molecule has 24 heavy (non-hydrogen) atoms. The van der Waals surface area contributed by atoms with E-state index < -0.39 is 18.0 Å². The summed E-state index contributed by atoms with van der Waals surface area (Å²) >= 11 is 11.8. The van der Waals surface area contributed by atoms with Crippen molar-refractivity contribution in [2.24, 2.45) is 0 Å². The summed E-state index contributed by atoms with van der Waals surface area (Å²) in [6.07, 6.45) is 0.494. The number of pyridine rings is 1. The monoisotopic (exact) mass is 368 g/mol. The lowest BCUT2D eigenvalue weighted by Gasteiger charge is -2.15. The number of rotatable bonds is 5. The van der Waals surface area contributed by atoms with Crippen molar-refractivity contribution in [2.75, 3.05) is 12.4 Å². The number of nitrogens with zero attached hydrogens (tertiary/aromatic N) is 1. The number of hydrogen-bond acceptors (Lipinski definition) is 5. The summed E-state index contributed by atoms with van der Waals surface area (Å²) in [5.41, 5.74) is 0.285. The molecule has 0 fully saturated rings. The van der Waals surface area contributed by atoms with Crippen molar-refractivity contribution < 1.29 is 19.1 Å². The lowest BCUT2D eigenvalue weighted by molar-refractivity contribution is -0.122. The van der Waals surface area contributed by atoms with Gasteiger partial charge in [-0.05, 0) is 37.3 Å². The Labute approximate surface area is 148 Å². The molecule has 0 saturated carbocycles. The zero-order valence-electron chi connectivity index (χ0n) is 12.9. The van der Waals surface area contributed by atoms with Crippen LogP contribution in [-0.2, 0) is 9.53 Å². The number of amides is 1. The molecule has 1 aromatic carbocycles. The van der Waals surface area contributed by atoms with Crippen molar-refractivity contribution in [3.8, 4) is 5.75 Å². The van der Waals surface area contributed by atoms with Gasteiger partial charge in [-0.25, -0.2) is 9.78 Å². The second-order valence-corrected chi connectivity index (χ2v) is 5.59. The molecule has 1 heterocycles. The van der Waals surface area contributed by atoms with Crippen molar-refractivity contribution in [3.63, 3.8) is 0 Å². The molecule has 1 N–H and O–H groups in total. The Morgan fingerprint density at radius 3 is 2.54 bits per heavy atom. The van der Waals surface area contributed by atoms with E-state index in [-0.39, 0.29) is 11.4 Å². The topological polar surface area (TPSA) is 77.5 Å². The maximum atomic E-state index is 12.1. The molecule has 1 amide bonds. The Morgan fingerprint density at radius 1 is 1.21 bits per heavy atom. The van der Waals surface area contributed by atoms with Crippen LogP contribution in [-0.4, -0.2) is 30.1 Å². The van der Waals surface area contributed by atoms with E-state index in [1.807, 2.05) is 0 Å². The molecule has 0 aliphatic carbocycles. The van der Waals surface area contributed by atoms with Crippen molar-refractivity contribution in [1.29, 1.82) is 0 Å². The highest BCUT2D eigenvalue weighted by Gasteiger charge is 2.17. The van der Waals surface area contributed by atoms with E-state index in [1.54, 1.807) is 19.1 Å². The molecular formula is C16H14Cl2N2O4. The van der Waals surface area contributed by atoms with E-state index in [1.165, 1.54) is 31.5 Å². The number of anilines is 1. The third-order valence-electron chi connectivity index (χ3n) is 3.00. The number of esters is 1. The third-order valence-corrected chi connectivity index (χ3v) is 3.53. The van der Waals surface area contributed by atoms with E-state index in [0.29, 0.717) is 15.8 Å². The number of carbonyl (C=O) groups excluding carboxylic acids is 2. The highest BCUT2D eigenvalue weighted by molar-refractivity contribution is 6.35. The summed E-state index contributed by atoms with van der Waals surface area (Å²) in [5.74, 6) is -0.295. The molecule has 0 spiro atoms. The molecular weight excluding hydrogens is 355 g/mol. The fourth-order valence-electron chi connectivity index (χ4n) is 1.75. The molecule has 0 saturated heterocycles. The maximum absolute atomic E-state index is 12.1. The average Bonchev–Trinajstić information content (AvgIpc) is 2.57. The lowest BCUT2D eigenvalue weighted by atomic mass is 10.3. The highest BCUT2D eigenvalue weighted by atomic mass is 35.5. The normalized spacial score (nSPS) is 11.5. The molecule has 6 nitrogen and oxygen atoms in total. The summed E-state index contributed by atoms with van der Waals surface area (Å²) in [6.45, 7) is 1.57. The lowest BCUT2D eigenvalue weighted by Crippen LogP contribution is -2.30. The third kappa shape index (κ3) is 4.59. The minimum atomic E-state index is -0.814. The smallest absolute Gasteiger partial charge is 0.339 e. The predicted molar refractivity (Wildman–Crippen MR) is 90.8 cm³/mol. The summed E-state index contributed by atoms with van der Waals surface area (Å²) in [6, 6.07) is 7.71. The number of aromatic nitrogens is 1. The molecule has 0 aliphatic heterocycles. The first kappa shape index (κ1) is 18.0. The largest absolute Gasteiger partial charge is 0.479 e. The van der Waals surface area contributed by atoms with Crippen LogP contribution in [0.1, 0.15) is 17.3 Å². The van der Waals surface area contributed by atoms with Crippen LogP contribution in [0.5, 0.6) is 5.75 Å². The van der Waals surface area contributed by atoms with E-state index in [0.717, 1.165) is 0 Å². The van der Waals surface area contributed by atoms with Gasteiger partial charge in [-0.1, -0.05) is 23.2 Å². The first-order chi connectivity index (χ1) is 11.4. The van der Waals surface area contributed by atoms with Crippen molar-refractivity contribution in [1.82, 2.24) is 4.98 Å². The van der Waals surface area contributed by atoms with E-state index in [9.17, 15) is 9.59 Å².